The number of hydrogen-bond acceptors (Lipinski definition) is 2. The summed E-state index contributed by atoms with van der Waals surface area (Å²) >= 11 is 26.0. The van der Waals surface area contributed by atoms with Gasteiger partial charge in [-0.1, -0.05) is 46.4 Å². The quantitative estimate of drug-likeness (QED) is 0.0913. The summed E-state index contributed by atoms with van der Waals surface area (Å²) < 4.78 is 228. The summed E-state index contributed by atoms with van der Waals surface area (Å²) in [7, 11) is 0. The van der Waals surface area contributed by atoms with Gasteiger partial charge in [0.2, 0.25) is 8.67 Å². The third kappa shape index (κ3) is 6.25. The fourth-order valence-electron chi connectivity index (χ4n) is 1.72. The summed E-state index contributed by atoms with van der Waals surface area (Å²) in [4.78, 5) is 3.44. The average molecular weight is 733 g/mol. The second-order valence-electron chi connectivity index (χ2n) is 6.55. The first kappa shape index (κ1) is 38.4. The highest BCUT2D eigenvalue weighted by molar-refractivity contribution is 6.54. The smallest absolute Gasteiger partial charge is 0.196 e. The van der Waals surface area contributed by atoms with Crippen molar-refractivity contribution in [1.82, 2.24) is 0 Å². The lowest BCUT2D eigenvalue weighted by Crippen LogP contribution is -2.68. The minimum absolute atomic E-state index is 1.72. The highest BCUT2D eigenvalue weighted by atomic mass is 35.5. The molecule has 0 fully saturated rings. The lowest BCUT2D eigenvalue weighted by Gasteiger charge is -2.41. The normalized spacial score (nSPS) is 18.0. The predicted octanol–water partition coefficient (Wildman–Crippen LogP) is 9.35. The van der Waals surface area contributed by atoms with Gasteiger partial charge < -0.3 is 0 Å². The van der Waals surface area contributed by atoms with E-state index in [1.807, 2.05) is 0 Å². The molecule has 0 saturated heterocycles. The van der Waals surface area contributed by atoms with E-state index in [1.54, 1.807) is 9.78 Å². The lowest BCUT2D eigenvalue weighted by molar-refractivity contribution is -0.583. The van der Waals surface area contributed by atoms with Gasteiger partial charge in [-0.25, -0.2) is 0 Å². The van der Waals surface area contributed by atoms with Crippen LogP contribution in [0.5, 0.6) is 0 Å². The average Bonchev–Trinajstić information content (AvgIpc) is 2.68. The highest BCUT2D eigenvalue weighted by Gasteiger charge is 2.86. The summed E-state index contributed by atoms with van der Waals surface area (Å²) in [5.41, 5.74) is 0. The van der Waals surface area contributed by atoms with Crippen LogP contribution in [0.3, 0.4) is 0 Å². The van der Waals surface area contributed by atoms with Gasteiger partial charge in [-0.3, -0.25) is 0 Å². The molecule has 2 unspecified atom stereocenters. The molecule has 0 aromatic heterocycles. The number of rotatable bonds is 11. The van der Waals surface area contributed by atoms with Crippen LogP contribution in [0.25, 0.3) is 0 Å². The van der Waals surface area contributed by atoms with Crippen LogP contribution in [0.2, 0.25) is 0 Å². The van der Waals surface area contributed by atoms with E-state index in [9.17, 15) is 79.0 Å². The van der Waals surface area contributed by atoms with Crippen LogP contribution in [-0.4, -0.2) is 67.7 Å². The van der Waals surface area contributed by atoms with Crippen LogP contribution in [0.15, 0.2) is 0 Å². The van der Waals surface area contributed by atoms with Crippen LogP contribution in [-0.2, 0) is 9.78 Å². The Balaban J connectivity index is 6.35. The molecule has 0 amide bonds. The predicted molar refractivity (Wildman–Crippen MR) is 92.1 cm³/mol. The van der Waals surface area contributed by atoms with E-state index in [0.29, 0.717) is 0 Å². The fourth-order valence-corrected chi connectivity index (χ4v) is 2.97. The van der Waals surface area contributed by atoms with Gasteiger partial charge >= 0.3 is 48.3 Å². The molecule has 0 aromatic rings. The van der Waals surface area contributed by atoms with Crippen molar-refractivity contribution < 1.29 is 88.8 Å². The lowest BCUT2D eigenvalue weighted by atomic mass is 10.0. The third-order valence-electron chi connectivity index (χ3n) is 3.82. The van der Waals surface area contributed by atoms with Crippen molar-refractivity contribution in [3.63, 3.8) is 0 Å². The SMILES string of the molecule is FC(F)(F)C(Cl)C(Cl)(Cl)C(F)(F)C(F)(F)C(F)(F)OOC(F)(F)C(F)(F)C(F)(F)C(Cl)(Cl)C(Cl)C(F)(F)F. The molecule has 0 bridgehead atoms. The maximum absolute atomic E-state index is 13.8. The van der Waals surface area contributed by atoms with E-state index >= 15 is 0 Å². The highest BCUT2D eigenvalue weighted by Crippen LogP contribution is 2.61. The zero-order valence-corrected chi connectivity index (χ0v) is 20.6. The standard InChI is InChI=1S/C12H2Cl6F18O2/c13-1(5(19,20)21)3(15,16)7(25,26)9(29,30)11(33,34)37-38-12(35,36)10(31,32)8(27,28)4(17,18)2(14)6(22,23)24/h1-2H. The largest absolute Gasteiger partial charge is 0.451 e. The van der Waals surface area contributed by atoms with Crippen molar-refractivity contribution in [2.45, 2.75) is 67.7 Å². The molecule has 2 nitrogen and oxygen atoms in total. The summed E-state index contributed by atoms with van der Waals surface area (Å²) in [6, 6.07) is 0. The fraction of sp³-hybridized carbons (Fsp3) is 1.00. The van der Waals surface area contributed by atoms with Crippen molar-refractivity contribution in [3.8, 4) is 0 Å². The molecular formula is C12H2Cl6F18O2. The van der Waals surface area contributed by atoms with Gasteiger partial charge in [0.05, 0.1) is 0 Å². The van der Waals surface area contributed by atoms with Crippen LogP contribution < -0.4 is 0 Å². The van der Waals surface area contributed by atoms with Crippen molar-refractivity contribution in [3.05, 3.63) is 0 Å². The Bertz CT molecular complexity index is 773. The molecule has 0 radical (unpaired) electrons. The Hall–Kier alpha value is 0.400. The summed E-state index contributed by atoms with van der Waals surface area (Å²) in [5.74, 6) is -29.8. The zero-order chi connectivity index (χ0) is 31.6. The molecule has 26 heteroatoms. The summed E-state index contributed by atoms with van der Waals surface area (Å²) in [5, 5.41) is -9.09. The van der Waals surface area contributed by atoms with E-state index in [1.165, 1.54) is 0 Å². The van der Waals surface area contributed by atoms with E-state index in [0.717, 1.165) is 0 Å². The van der Waals surface area contributed by atoms with Crippen LogP contribution in [0.1, 0.15) is 0 Å². The molecule has 0 N–H and O–H groups in total. The molecular weight excluding hydrogens is 731 g/mol. The van der Waals surface area contributed by atoms with Crippen molar-refractivity contribution in [1.29, 1.82) is 0 Å². The van der Waals surface area contributed by atoms with Gasteiger partial charge in [0.15, 0.2) is 10.8 Å². The third-order valence-corrected chi connectivity index (χ3v) is 7.24. The van der Waals surface area contributed by atoms with Gasteiger partial charge in [0.1, 0.15) is 0 Å². The Labute approximate surface area is 226 Å². The van der Waals surface area contributed by atoms with Gasteiger partial charge in [-0.15, -0.1) is 23.2 Å². The molecule has 0 saturated carbocycles. The maximum atomic E-state index is 13.8. The Morgan fingerprint density at radius 2 is 0.553 bits per heavy atom. The first-order chi connectivity index (χ1) is 16.0. The van der Waals surface area contributed by atoms with Crippen molar-refractivity contribution in [2.24, 2.45) is 0 Å². The molecule has 0 aliphatic carbocycles. The summed E-state index contributed by atoms with van der Waals surface area (Å²) in [6.07, 6.45) is -27.6. The Morgan fingerprint density at radius 1 is 0.368 bits per heavy atom. The van der Waals surface area contributed by atoms with E-state index in [4.69, 9.17) is 0 Å². The monoisotopic (exact) mass is 730 g/mol. The number of alkyl halides is 24. The van der Waals surface area contributed by atoms with E-state index in [-0.39, 0.29) is 0 Å². The Kier molecular flexibility index (Phi) is 10.7. The van der Waals surface area contributed by atoms with Crippen LogP contribution in [0.4, 0.5) is 79.0 Å². The molecule has 38 heavy (non-hydrogen) atoms. The molecule has 230 valence electrons. The molecule has 2 atom stereocenters. The van der Waals surface area contributed by atoms with E-state index in [2.05, 4.69) is 69.6 Å². The maximum Gasteiger partial charge on any atom is 0.451 e. The molecule has 0 aliphatic rings. The van der Waals surface area contributed by atoms with Gasteiger partial charge in [-0.05, 0) is 0 Å². The second kappa shape index (κ2) is 10.6. The van der Waals surface area contributed by atoms with Crippen molar-refractivity contribution in [2.75, 3.05) is 0 Å². The summed E-state index contributed by atoms with van der Waals surface area (Å²) in [6.45, 7) is 0. The Morgan fingerprint density at radius 3 is 0.711 bits per heavy atom. The molecule has 0 aromatic carbocycles. The first-order valence-corrected chi connectivity index (χ1v) is 10.2. The van der Waals surface area contributed by atoms with E-state index < -0.39 is 67.7 Å². The van der Waals surface area contributed by atoms with Crippen LogP contribution >= 0.6 is 69.6 Å². The molecule has 0 heterocycles. The first-order valence-electron chi connectivity index (χ1n) is 7.82. The van der Waals surface area contributed by atoms with Gasteiger partial charge in [-0.2, -0.15) is 88.8 Å². The number of halogens is 24. The number of hydrogen-bond donors (Lipinski definition) is 0. The van der Waals surface area contributed by atoms with Crippen LogP contribution in [0, 0.1) is 0 Å². The van der Waals surface area contributed by atoms with Gasteiger partial charge in [0.25, 0.3) is 0 Å². The zero-order valence-electron chi connectivity index (χ0n) is 16.0. The topological polar surface area (TPSA) is 18.5 Å². The van der Waals surface area contributed by atoms with Gasteiger partial charge in [0, 0.05) is 0 Å². The second-order valence-corrected chi connectivity index (χ2v) is 10.2. The molecule has 0 spiro atoms. The molecule has 0 rings (SSSR count). The minimum Gasteiger partial charge on any atom is -0.196 e. The minimum atomic E-state index is -7.68. The van der Waals surface area contributed by atoms with Crippen molar-refractivity contribution >= 4 is 69.6 Å². The molecule has 0 aliphatic heterocycles.